The van der Waals surface area contributed by atoms with E-state index in [0.717, 1.165) is 22.0 Å². The second-order valence-corrected chi connectivity index (χ2v) is 3.80. The Kier molecular flexibility index (Phi) is 2.75. The third-order valence-corrected chi connectivity index (χ3v) is 2.58. The van der Waals surface area contributed by atoms with Gasteiger partial charge in [0.25, 0.3) is 0 Å². The van der Waals surface area contributed by atoms with Crippen molar-refractivity contribution in [2.24, 2.45) is 12.8 Å². The molecular formula is C11H12ClN3. The molecule has 0 bridgehead atoms. The van der Waals surface area contributed by atoms with E-state index in [4.69, 9.17) is 17.3 Å². The van der Waals surface area contributed by atoms with Crippen molar-refractivity contribution < 1.29 is 0 Å². The van der Waals surface area contributed by atoms with Gasteiger partial charge in [-0.1, -0.05) is 23.7 Å². The predicted molar refractivity (Wildman–Crippen MR) is 61.5 cm³/mol. The van der Waals surface area contributed by atoms with E-state index in [0.29, 0.717) is 6.54 Å². The maximum absolute atomic E-state index is 5.84. The summed E-state index contributed by atoms with van der Waals surface area (Å²) in [5.41, 5.74) is 8.67. The molecule has 0 atom stereocenters. The van der Waals surface area contributed by atoms with Gasteiger partial charge in [-0.2, -0.15) is 0 Å². The Bertz CT molecular complexity index is 459. The molecule has 0 radical (unpaired) electrons. The van der Waals surface area contributed by atoms with Crippen LogP contribution in [-0.2, 0) is 13.6 Å². The molecule has 1 heterocycles. The molecule has 0 aliphatic heterocycles. The average Bonchev–Trinajstić information content (AvgIpc) is 2.61. The molecule has 78 valence electrons. The summed E-state index contributed by atoms with van der Waals surface area (Å²) in [5.74, 6) is 0. The van der Waals surface area contributed by atoms with Crippen molar-refractivity contribution in [3.8, 4) is 11.3 Å². The molecule has 2 rings (SSSR count). The van der Waals surface area contributed by atoms with Crippen LogP contribution in [0.15, 0.2) is 30.6 Å². The molecule has 1 aromatic carbocycles. The van der Waals surface area contributed by atoms with Crippen LogP contribution < -0.4 is 5.73 Å². The van der Waals surface area contributed by atoms with Crippen LogP contribution in [0.3, 0.4) is 0 Å². The van der Waals surface area contributed by atoms with Crippen molar-refractivity contribution in [1.82, 2.24) is 9.55 Å². The fraction of sp³-hybridized carbons (Fsp3) is 0.182. The van der Waals surface area contributed by atoms with Crippen LogP contribution in [0, 0.1) is 0 Å². The lowest BCUT2D eigenvalue weighted by atomic mass is 10.1. The second-order valence-electron chi connectivity index (χ2n) is 3.36. The topological polar surface area (TPSA) is 43.8 Å². The van der Waals surface area contributed by atoms with Gasteiger partial charge >= 0.3 is 0 Å². The Labute approximate surface area is 93.5 Å². The largest absolute Gasteiger partial charge is 0.333 e. The first kappa shape index (κ1) is 10.2. The summed E-state index contributed by atoms with van der Waals surface area (Å²) in [5, 5.41) is 0.732. The van der Waals surface area contributed by atoms with E-state index in [-0.39, 0.29) is 0 Å². The van der Waals surface area contributed by atoms with Gasteiger partial charge in [-0.05, 0) is 12.1 Å². The molecule has 0 saturated heterocycles. The Morgan fingerprint density at radius 3 is 2.60 bits per heavy atom. The first-order valence-corrected chi connectivity index (χ1v) is 5.06. The summed E-state index contributed by atoms with van der Waals surface area (Å²) < 4.78 is 1.96. The number of aromatic nitrogens is 2. The van der Waals surface area contributed by atoms with Crippen LogP contribution in [0.5, 0.6) is 0 Å². The molecule has 0 aliphatic carbocycles. The molecule has 0 spiro atoms. The lowest BCUT2D eigenvalue weighted by Crippen LogP contribution is -2.00. The third kappa shape index (κ3) is 1.89. The summed E-state index contributed by atoms with van der Waals surface area (Å²) in [7, 11) is 1.95. The SMILES string of the molecule is Cn1cnc(CN)c1-c1ccc(Cl)cc1. The second kappa shape index (κ2) is 4.04. The van der Waals surface area contributed by atoms with Crippen LogP contribution in [0.2, 0.25) is 5.02 Å². The molecule has 1 aromatic heterocycles. The lowest BCUT2D eigenvalue weighted by Gasteiger charge is -2.05. The Morgan fingerprint density at radius 1 is 1.33 bits per heavy atom. The van der Waals surface area contributed by atoms with Crippen molar-refractivity contribution in [3.05, 3.63) is 41.3 Å². The Balaban J connectivity index is 2.52. The van der Waals surface area contributed by atoms with Gasteiger partial charge in [-0.15, -0.1) is 0 Å². The summed E-state index contributed by atoms with van der Waals surface area (Å²) in [6.45, 7) is 0.443. The first-order valence-electron chi connectivity index (χ1n) is 4.68. The average molecular weight is 222 g/mol. The van der Waals surface area contributed by atoms with E-state index >= 15 is 0 Å². The van der Waals surface area contributed by atoms with Crippen LogP contribution in [0.1, 0.15) is 5.69 Å². The van der Waals surface area contributed by atoms with Crippen molar-refractivity contribution in [2.75, 3.05) is 0 Å². The van der Waals surface area contributed by atoms with Crippen molar-refractivity contribution in [3.63, 3.8) is 0 Å². The number of hydrogen-bond acceptors (Lipinski definition) is 2. The normalized spacial score (nSPS) is 10.6. The smallest absolute Gasteiger partial charge is 0.0952 e. The van der Waals surface area contributed by atoms with Gasteiger partial charge in [-0.3, -0.25) is 0 Å². The number of imidazole rings is 1. The molecular weight excluding hydrogens is 210 g/mol. The highest BCUT2D eigenvalue weighted by atomic mass is 35.5. The number of halogens is 1. The molecule has 0 fully saturated rings. The van der Waals surface area contributed by atoms with Crippen molar-refractivity contribution in [1.29, 1.82) is 0 Å². The highest BCUT2D eigenvalue weighted by Crippen LogP contribution is 2.23. The molecule has 0 unspecified atom stereocenters. The summed E-state index contributed by atoms with van der Waals surface area (Å²) in [4.78, 5) is 4.24. The lowest BCUT2D eigenvalue weighted by molar-refractivity contribution is 0.920. The fourth-order valence-electron chi connectivity index (χ4n) is 1.61. The molecule has 4 heteroatoms. The number of nitrogens with zero attached hydrogens (tertiary/aromatic N) is 2. The highest BCUT2D eigenvalue weighted by Gasteiger charge is 2.09. The highest BCUT2D eigenvalue weighted by molar-refractivity contribution is 6.30. The number of hydrogen-bond donors (Lipinski definition) is 1. The minimum absolute atomic E-state index is 0.443. The van der Waals surface area contributed by atoms with Crippen LogP contribution in [0.25, 0.3) is 11.3 Å². The third-order valence-electron chi connectivity index (χ3n) is 2.32. The van der Waals surface area contributed by atoms with Gasteiger partial charge in [0.1, 0.15) is 0 Å². The van der Waals surface area contributed by atoms with E-state index in [1.54, 1.807) is 6.33 Å². The van der Waals surface area contributed by atoms with Gasteiger partial charge in [0.05, 0.1) is 17.7 Å². The van der Waals surface area contributed by atoms with Gasteiger partial charge in [-0.25, -0.2) is 4.98 Å². The summed E-state index contributed by atoms with van der Waals surface area (Å²) in [6, 6.07) is 7.67. The van der Waals surface area contributed by atoms with E-state index in [1.165, 1.54) is 0 Å². The van der Waals surface area contributed by atoms with Crippen LogP contribution in [0.4, 0.5) is 0 Å². The van der Waals surface area contributed by atoms with E-state index in [2.05, 4.69) is 4.98 Å². The molecule has 0 saturated carbocycles. The zero-order chi connectivity index (χ0) is 10.8. The molecule has 15 heavy (non-hydrogen) atoms. The van der Waals surface area contributed by atoms with Gasteiger partial charge in [0.2, 0.25) is 0 Å². The molecule has 0 amide bonds. The maximum atomic E-state index is 5.84. The number of nitrogens with two attached hydrogens (primary N) is 1. The van der Waals surface area contributed by atoms with Gasteiger partial charge in [0.15, 0.2) is 0 Å². The number of benzene rings is 1. The standard InChI is InChI=1S/C11H12ClN3/c1-15-7-14-10(6-13)11(15)8-2-4-9(12)5-3-8/h2-5,7H,6,13H2,1H3. The zero-order valence-electron chi connectivity index (χ0n) is 8.44. The van der Waals surface area contributed by atoms with E-state index in [1.807, 2.05) is 35.9 Å². The maximum Gasteiger partial charge on any atom is 0.0952 e. The molecule has 0 aliphatic rings. The van der Waals surface area contributed by atoms with Gasteiger partial charge in [0, 0.05) is 24.2 Å². The molecule has 3 nitrogen and oxygen atoms in total. The number of aryl methyl sites for hydroxylation is 1. The molecule has 2 N–H and O–H groups in total. The summed E-state index contributed by atoms with van der Waals surface area (Å²) in [6.07, 6.45) is 1.77. The minimum Gasteiger partial charge on any atom is -0.333 e. The van der Waals surface area contributed by atoms with E-state index in [9.17, 15) is 0 Å². The number of rotatable bonds is 2. The van der Waals surface area contributed by atoms with Crippen LogP contribution in [-0.4, -0.2) is 9.55 Å². The van der Waals surface area contributed by atoms with E-state index < -0.39 is 0 Å². The fourth-order valence-corrected chi connectivity index (χ4v) is 1.73. The van der Waals surface area contributed by atoms with Crippen molar-refractivity contribution >= 4 is 11.6 Å². The minimum atomic E-state index is 0.443. The predicted octanol–water partition coefficient (Wildman–Crippen LogP) is 2.20. The quantitative estimate of drug-likeness (QED) is 0.845. The van der Waals surface area contributed by atoms with Gasteiger partial charge < -0.3 is 10.3 Å². The molecule has 2 aromatic rings. The zero-order valence-corrected chi connectivity index (χ0v) is 9.20. The van der Waals surface area contributed by atoms with Crippen LogP contribution >= 0.6 is 11.6 Å². The first-order chi connectivity index (χ1) is 7.22. The van der Waals surface area contributed by atoms with Crippen molar-refractivity contribution in [2.45, 2.75) is 6.54 Å². The monoisotopic (exact) mass is 221 g/mol. The summed E-state index contributed by atoms with van der Waals surface area (Å²) >= 11 is 5.84. The Hall–Kier alpha value is -1.32. The Morgan fingerprint density at radius 2 is 2.00 bits per heavy atom.